The summed E-state index contributed by atoms with van der Waals surface area (Å²) in [5.74, 6) is -3.17. The van der Waals surface area contributed by atoms with Crippen molar-refractivity contribution < 1.29 is 44.3 Å². The molecule has 0 spiro atoms. The molecule has 0 saturated carbocycles. The van der Waals surface area contributed by atoms with E-state index in [-0.39, 0.29) is 12.8 Å². The average Bonchev–Trinajstić information content (AvgIpc) is 2.49. The lowest BCUT2D eigenvalue weighted by Gasteiger charge is -2.26. The molecule has 122 valence electrons. The van der Waals surface area contributed by atoms with Crippen LogP contribution < -0.4 is 0 Å². The van der Waals surface area contributed by atoms with Gasteiger partial charge in [-0.3, -0.25) is 9.59 Å². The summed E-state index contributed by atoms with van der Waals surface area (Å²) in [7, 11) is 0. The zero-order valence-electron chi connectivity index (χ0n) is 11.8. The molecule has 0 bridgehead atoms. The van der Waals surface area contributed by atoms with Crippen LogP contribution in [0.4, 0.5) is 0 Å². The zero-order valence-corrected chi connectivity index (χ0v) is 11.8. The van der Waals surface area contributed by atoms with Crippen LogP contribution in [0.3, 0.4) is 0 Å². The number of ether oxygens (including phenoxy) is 2. The van der Waals surface area contributed by atoms with Gasteiger partial charge in [0.2, 0.25) is 6.10 Å². The summed E-state index contributed by atoms with van der Waals surface area (Å²) in [6.45, 7) is 1.95. The molecule has 0 aliphatic rings. The van der Waals surface area contributed by atoms with Crippen molar-refractivity contribution in [2.45, 2.75) is 51.1 Å². The van der Waals surface area contributed by atoms with Crippen LogP contribution in [-0.2, 0) is 23.9 Å². The van der Waals surface area contributed by atoms with Gasteiger partial charge in [-0.15, -0.1) is 0 Å². The van der Waals surface area contributed by atoms with Gasteiger partial charge in [-0.25, -0.2) is 4.79 Å². The summed E-state index contributed by atoms with van der Waals surface area (Å²) in [5.41, 5.74) is 0. The molecule has 0 aromatic heterocycles. The molecule has 0 heterocycles. The third kappa shape index (κ3) is 6.17. The zero-order chi connectivity index (χ0) is 16.6. The van der Waals surface area contributed by atoms with Crippen molar-refractivity contribution in [1.82, 2.24) is 0 Å². The fraction of sp³-hybridized carbons (Fsp3) is 0.750. The van der Waals surface area contributed by atoms with Gasteiger partial charge in [0.05, 0.1) is 6.61 Å². The lowest BCUT2D eigenvalue weighted by molar-refractivity contribution is -0.188. The average molecular weight is 308 g/mol. The maximum absolute atomic E-state index is 11.7. The highest BCUT2D eigenvalue weighted by molar-refractivity contribution is 5.89. The summed E-state index contributed by atoms with van der Waals surface area (Å²) in [6.07, 6.45) is -8.06. The van der Waals surface area contributed by atoms with E-state index >= 15 is 0 Å². The maximum atomic E-state index is 11.7. The minimum Gasteiger partial charge on any atom is -0.447 e. The van der Waals surface area contributed by atoms with Crippen LogP contribution in [0.15, 0.2) is 0 Å². The first-order valence-electron chi connectivity index (χ1n) is 6.37. The van der Waals surface area contributed by atoms with Crippen molar-refractivity contribution in [3.63, 3.8) is 0 Å². The van der Waals surface area contributed by atoms with E-state index in [2.05, 4.69) is 9.47 Å². The van der Waals surface area contributed by atoms with Crippen molar-refractivity contribution >= 4 is 17.9 Å². The van der Waals surface area contributed by atoms with E-state index in [4.69, 9.17) is 5.11 Å². The lowest BCUT2D eigenvalue weighted by Crippen LogP contribution is -2.51. The van der Waals surface area contributed by atoms with E-state index in [9.17, 15) is 29.7 Å². The Morgan fingerprint density at radius 3 is 1.90 bits per heavy atom. The summed E-state index contributed by atoms with van der Waals surface area (Å²) >= 11 is 0. The molecule has 0 radical (unpaired) electrons. The van der Waals surface area contributed by atoms with E-state index in [1.807, 2.05) is 0 Å². The largest absolute Gasteiger partial charge is 0.447 e. The molecule has 0 aliphatic carbocycles. The van der Waals surface area contributed by atoms with E-state index in [0.29, 0.717) is 0 Å². The number of aliphatic hydroxyl groups excluding tert-OH is 4. The number of carbonyl (C=O) groups is 3. The van der Waals surface area contributed by atoms with Crippen molar-refractivity contribution in [3.8, 4) is 0 Å². The smallest absolute Gasteiger partial charge is 0.357 e. The van der Waals surface area contributed by atoms with Crippen molar-refractivity contribution in [2.24, 2.45) is 0 Å². The minimum absolute atomic E-state index is 0.127. The number of aliphatic hydroxyl groups is 4. The summed E-state index contributed by atoms with van der Waals surface area (Å²) in [6, 6.07) is 0. The van der Waals surface area contributed by atoms with Crippen LogP contribution in [0, 0.1) is 0 Å². The number of hydrogen-bond acceptors (Lipinski definition) is 9. The molecule has 0 unspecified atom stereocenters. The Kier molecular flexibility index (Phi) is 8.70. The molecular weight excluding hydrogens is 288 g/mol. The van der Waals surface area contributed by atoms with Gasteiger partial charge in [0.25, 0.3) is 0 Å². The van der Waals surface area contributed by atoms with E-state index in [1.54, 1.807) is 0 Å². The van der Waals surface area contributed by atoms with Crippen molar-refractivity contribution in [2.75, 3.05) is 6.61 Å². The van der Waals surface area contributed by atoms with Gasteiger partial charge in [0.15, 0.2) is 0 Å². The Hall–Kier alpha value is -1.55. The molecule has 0 saturated heterocycles. The van der Waals surface area contributed by atoms with Gasteiger partial charge in [0.1, 0.15) is 18.3 Å². The second-order valence-electron chi connectivity index (χ2n) is 4.14. The first-order valence-corrected chi connectivity index (χ1v) is 6.37. The van der Waals surface area contributed by atoms with Gasteiger partial charge in [-0.2, -0.15) is 0 Å². The first-order chi connectivity index (χ1) is 9.78. The summed E-state index contributed by atoms with van der Waals surface area (Å²) in [4.78, 5) is 34.0. The van der Waals surface area contributed by atoms with Crippen LogP contribution in [0.2, 0.25) is 0 Å². The maximum Gasteiger partial charge on any atom is 0.357 e. The summed E-state index contributed by atoms with van der Waals surface area (Å²) in [5, 5.41) is 37.2. The Bertz CT molecular complexity index is 368. The van der Waals surface area contributed by atoms with Crippen LogP contribution >= 0.6 is 0 Å². The monoisotopic (exact) mass is 308 g/mol. The SMILES string of the molecule is CCC(=O)OC(=O)[C@H](OC(=O)CC)[C@@H](O)[C@H](O)[C@H](O)CO. The van der Waals surface area contributed by atoms with Gasteiger partial charge in [-0.05, 0) is 0 Å². The van der Waals surface area contributed by atoms with Crippen LogP contribution in [0.1, 0.15) is 26.7 Å². The van der Waals surface area contributed by atoms with Crippen LogP contribution in [-0.4, -0.2) is 69.4 Å². The highest BCUT2D eigenvalue weighted by atomic mass is 16.6. The van der Waals surface area contributed by atoms with Gasteiger partial charge in [0, 0.05) is 12.8 Å². The molecule has 9 heteroatoms. The van der Waals surface area contributed by atoms with Crippen LogP contribution in [0.5, 0.6) is 0 Å². The Morgan fingerprint density at radius 2 is 1.48 bits per heavy atom. The van der Waals surface area contributed by atoms with Gasteiger partial charge in [-0.1, -0.05) is 13.8 Å². The molecule has 0 aliphatic heterocycles. The normalized spacial score (nSPS) is 16.5. The lowest BCUT2D eigenvalue weighted by atomic mass is 10.0. The highest BCUT2D eigenvalue weighted by Gasteiger charge is 2.40. The Morgan fingerprint density at radius 1 is 0.952 bits per heavy atom. The highest BCUT2D eigenvalue weighted by Crippen LogP contribution is 2.12. The van der Waals surface area contributed by atoms with Gasteiger partial charge >= 0.3 is 17.9 Å². The number of hydrogen-bond donors (Lipinski definition) is 4. The molecule has 0 amide bonds. The predicted molar refractivity (Wildman–Crippen MR) is 66.7 cm³/mol. The number of esters is 3. The molecule has 4 atom stereocenters. The van der Waals surface area contributed by atoms with Crippen molar-refractivity contribution in [3.05, 3.63) is 0 Å². The van der Waals surface area contributed by atoms with E-state index in [0.717, 1.165) is 0 Å². The number of rotatable bonds is 8. The molecule has 0 fully saturated rings. The number of carbonyl (C=O) groups excluding carboxylic acids is 3. The van der Waals surface area contributed by atoms with E-state index < -0.39 is 48.9 Å². The molecular formula is C12H20O9. The third-order valence-corrected chi connectivity index (χ3v) is 2.52. The standard InChI is InChI=1S/C12H20O9/c1-3-7(15)20-11(12(19)21-8(16)4-2)10(18)9(17)6(14)5-13/h6,9-11,13-14,17-18H,3-5H2,1-2H3/t6-,9-,10+,11-/m1/s1. The second-order valence-corrected chi connectivity index (χ2v) is 4.14. The quantitative estimate of drug-likeness (QED) is 0.291. The Balaban J connectivity index is 5.07. The first kappa shape index (κ1) is 19.4. The fourth-order valence-electron chi connectivity index (χ4n) is 1.24. The third-order valence-electron chi connectivity index (χ3n) is 2.52. The Labute approximate surface area is 121 Å². The molecule has 0 aromatic rings. The van der Waals surface area contributed by atoms with Gasteiger partial charge < -0.3 is 29.9 Å². The van der Waals surface area contributed by atoms with E-state index in [1.165, 1.54) is 13.8 Å². The fourth-order valence-corrected chi connectivity index (χ4v) is 1.24. The topological polar surface area (TPSA) is 151 Å². The van der Waals surface area contributed by atoms with Crippen LogP contribution in [0.25, 0.3) is 0 Å². The molecule has 0 aromatic carbocycles. The summed E-state index contributed by atoms with van der Waals surface area (Å²) < 4.78 is 8.94. The second kappa shape index (κ2) is 9.40. The molecule has 0 rings (SSSR count). The minimum atomic E-state index is -2.07. The van der Waals surface area contributed by atoms with Crippen molar-refractivity contribution in [1.29, 1.82) is 0 Å². The predicted octanol–water partition coefficient (Wildman–Crippen LogP) is -2.14. The molecule has 21 heavy (non-hydrogen) atoms. The molecule has 9 nitrogen and oxygen atoms in total. The molecule has 4 N–H and O–H groups in total.